The Hall–Kier alpha value is -1.03. The third-order valence-electron chi connectivity index (χ3n) is 2.05. The van der Waals surface area contributed by atoms with Gasteiger partial charge in [-0.1, -0.05) is 0 Å². The van der Waals surface area contributed by atoms with Crippen LogP contribution in [0.4, 0.5) is 5.69 Å². The number of amides is 1. The fourth-order valence-corrected chi connectivity index (χ4v) is 1.33. The average molecular weight is 200 g/mol. The number of carbonyl (C=O) groups excluding carboxylic acids is 1. The molecule has 0 bridgehead atoms. The van der Waals surface area contributed by atoms with Gasteiger partial charge in [-0.05, 0) is 12.8 Å². The van der Waals surface area contributed by atoms with Gasteiger partial charge in [0.1, 0.15) is 5.88 Å². The van der Waals surface area contributed by atoms with Crippen molar-refractivity contribution in [3.8, 4) is 0 Å². The van der Waals surface area contributed by atoms with E-state index in [-0.39, 0.29) is 11.8 Å². The van der Waals surface area contributed by atoms with Crippen LogP contribution in [0.2, 0.25) is 0 Å². The minimum Gasteiger partial charge on any atom is -0.322 e. The number of halogens is 1. The van der Waals surface area contributed by atoms with Gasteiger partial charge in [0.2, 0.25) is 5.91 Å². The number of nitrogens with zero attached hydrogens (tertiary/aromatic N) is 1. The lowest BCUT2D eigenvalue weighted by molar-refractivity contribution is -0.113. The first-order valence-corrected chi connectivity index (χ1v) is 4.74. The van der Waals surface area contributed by atoms with Crippen LogP contribution in [-0.4, -0.2) is 22.0 Å². The summed E-state index contributed by atoms with van der Waals surface area (Å²) in [4.78, 5) is 11.0. The zero-order valence-corrected chi connectivity index (χ0v) is 7.77. The standard InChI is InChI=1S/C8H10ClN3O/c9-3-7(13)11-6-4-10-12-8(6)5-1-2-5/h4-5H,1-3H2,(H,10,12)(H,11,13). The lowest BCUT2D eigenvalue weighted by atomic mass is 10.2. The number of aromatic amines is 1. The minimum absolute atomic E-state index is 0.0186. The highest BCUT2D eigenvalue weighted by atomic mass is 35.5. The number of anilines is 1. The average Bonchev–Trinajstić information content (AvgIpc) is 2.88. The Kier molecular flexibility index (Phi) is 2.22. The summed E-state index contributed by atoms with van der Waals surface area (Å²) in [6, 6.07) is 0. The molecule has 1 aromatic rings. The lowest BCUT2D eigenvalue weighted by Gasteiger charge is -2.01. The van der Waals surface area contributed by atoms with Crippen molar-refractivity contribution < 1.29 is 4.79 Å². The van der Waals surface area contributed by atoms with Crippen LogP contribution in [0.1, 0.15) is 24.5 Å². The largest absolute Gasteiger partial charge is 0.322 e. The maximum absolute atomic E-state index is 11.0. The van der Waals surface area contributed by atoms with Crippen LogP contribution in [0.5, 0.6) is 0 Å². The van der Waals surface area contributed by atoms with Crippen molar-refractivity contribution in [2.45, 2.75) is 18.8 Å². The number of H-pyrrole nitrogens is 1. The fourth-order valence-electron chi connectivity index (χ4n) is 1.26. The first-order chi connectivity index (χ1) is 6.31. The Morgan fingerprint density at radius 3 is 3.15 bits per heavy atom. The molecule has 0 unspecified atom stereocenters. The van der Waals surface area contributed by atoms with Gasteiger partial charge >= 0.3 is 0 Å². The number of hydrogen-bond donors (Lipinski definition) is 2. The highest BCUT2D eigenvalue weighted by molar-refractivity contribution is 6.29. The van der Waals surface area contributed by atoms with Crippen LogP contribution >= 0.6 is 11.6 Å². The normalized spacial score (nSPS) is 15.8. The maximum atomic E-state index is 11.0. The quantitative estimate of drug-likeness (QED) is 0.725. The molecule has 1 amide bonds. The first-order valence-electron chi connectivity index (χ1n) is 4.20. The second kappa shape index (κ2) is 3.38. The van der Waals surface area contributed by atoms with Crippen molar-refractivity contribution in [2.75, 3.05) is 11.2 Å². The van der Waals surface area contributed by atoms with Crippen molar-refractivity contribution in [2.24, 2.45) is 0 Å². The topological polar surface area (TPSA) is 57.8 Å². The van der Waals surface area contributed by atoms with Gasteiger partial charge in [0, 0.05) is 5.92 Å². The molecule has 0 aliphatic heterocycles. The summed E-state index contributed by atoms with van der Waals surface area (Å²) in [5, 5.41) is 9.47. The van der Waals surface area contributed by atoms with E-state index < -0.39 is 0 Å². The van der Waals surface area contributed by atoms with Gasteiger partial charge in [-0.3, -0.25) is 9.89 Å². The molecule has 13 heavy (non-hydrogen) atoms. The minimum atomic E-state index is -0.190. The van der Waals surface area contributed by atoms with Gasteiger partial charge in [-0.15, -0.1) is 11.6 Å². The molecule has 1 saturated carbocycles. The number of aromatic nitrogens is 2. The van der Waals surface area contributed by atoms with Crippen LogP contribution in [-0.2, 0) is 4.79 Å². The SMILES string of the molecule is O=C(CCl)Nc1cn[nH]c1C1CC1. The second-order valence-corrected chi connectivity index (χ2v) is 3.42. The van der Waals surface area contributed by atoms with Crippen LogP contribution < -0.4 is 5.32 Å². The molecule has 5 heteroatoms. The molecular weight excluding hydrogens is 190 g/mol. The summed E-state index contributed by atoms with van der Waals surface area (Å²) in [6.45, 7) is 0. The molecule has 1 heterocycles. The van der Waals surface area contributed by atoms with E-state index in [1.54, 1.807) is 6.20 Å². The molecule has 1 aliphatic carbocycles. The van der Waals surface area contributed by atoms with Crippen molar-refractivity contribution in [3.05, 3.63) is 11.9 Å². The number of rotatable bonds is 3. The van der Waals surface area contributed by atoms with Gasteiger partial charge in [-0.2, -0.15) is 5.10 Å². The third kappa shape index (κ3) is 1.83. The van der Waals surface area contributed by atoms with E-state index in [0.717, 1.165) is 11.4 Å². The summed E-state index contributed by atoms with van der Waals surface area (Å²) in [6.07, 6.45) is 3.97. The predicted molar refractivity (Wildman–Crippen MR) is 49.9 cm³/mol. The Morgan fingerprint density at radius 1 is 1.77 bits per heavy atom. The Morgan fingerprint density at radius 2 is 2.54 bits per heavy atom. The fraction of sp³-hybridized carbons (Fsp3) is 0.500. The molecule has 0 aromatic carbocycles. The van der Waals surface area contributed by atoms with E-state index in [9.17, 15) is 4.79 Å². The van der Waals surface area contributed by atoms with E-state index in [4.69, 9.17) is 11.6 Å². The van der Waals surface area contributed by atoms with Crippen molar-refractivity contribution in [1.29, 1.82) is 0 Å². The third-order valence-corrected chi connectivity index (χ3v) is 2.29. The lowest BCUT2D eigenvalue weighted by Crippen LogP contribution is -2.13. The van der Waals surface area contributed by atoms with Crippen molar-refractivity contribution in [3.63, 3.8) is 0 Å². The van der Waals surface area contributed by atoms with Gasteiger partial charge in [-0.25, -0.2) is 0 Å². The monoisotopic (exact) mass is 199 g/mol. The Bertz CT molecular complexity index is 319. The summed E-state index contributed by atoms with van der Waals surface area (Å²) in [5.74, 6) is 0.341. The van der Waals surface area contributed by atoms with Gasteiger partial charge in [0.25, 0.3) is 0 Å². The molecule has 2 N–H and O–H groups in total. The smallest absolute Gasteiger partial charge is 0.239 e. The van der Waals surface area contributed by atoms with Crippen LogP contribution in [0.15, 0.2) is 6.20 Å². The number of carbonyl (C=O) groups is 1. The van der Waals surface area contributed by atoms with E-state index in [1.807, 2.05) is 0 Å². The first kappa shape index (κ1) is 8.56. The molecule has 1 aliphatic rings. The van der Waals surface area contributed by atoms with Crippen molar-refractivity contribution in [1.82, 2.24) is 10.2 Å². The molecular formula is C8H10ClN3O. The second-order valence-electron chi connectivity index (χ2n) is 3.15. The van der Waals surface area contributed by atoms with Crippen molar-refractivity contribution >= 4 is 23.2 Å². The zero-order valence-electron chi connectivity index (χ0n) is 7.01. The van der Waals surface area contributed by atoms with E-state index >= 15 is 0 Å². The molecule has 4 nitrogen and oxygen atoms in total. The van der Waals surface area contributed by atoms with E-state index in [1.165, 1.54) is 12.8 Å². The summed E-state index contributed by atoms with van der Waals surface area (Å²) in [7, 11) is 0. The van der Waals surface area contributed by atoms with E-state index in [0.29, 0.717) is 5.92 Å². The molecule has 70 valence electrons. The Labute approximate surface area is 80.7 Å². The predicted octanol–water partition coefficient (Wildman–Crippen LogP) is 1.46. The summed E-state index contributed by atoms with van der Waals surface area (Å²) >= 11 is 5.37. The van der Waals surface area contributed by atoms with Crippen LogP contribution in [0, 0.1) is 0 Å². The highest BCUT2D eigenvalue weighted by Crippen LogP contribution is 2.41. The molecule has 0 saturated heterocycles. The number of alkyl halides is 1. The number of hydrogen-bond acceptors (Lipinski definition) is 2. The molecule has 0 radical (unpaired) electrons. The van der Waals surface area contributed by atoms with Gasteiger partial charge in [0.15, 0.2) is 0 Å². The molecule has 0 spiro atoms. The molecule has 0 atom stereocenters. The summed E-state index contributed by atoms with van der Waals surface area (Å²) in [5.41, 5.74) is 1.80. The van der Waals surface area contributed by atoms with Crippen LogP contribution in [0.25, 0.3) is 0 Å². The van der Waals surface area contributed by atoms with Crippen LogP contribution in [0.3, 0.4) is 0 Å². The maximum Gasteiger partial charge on any atom is 0.239 e. The molecule has 1 aromatic heterocycles. The molecule has 2 rings (SSSR count). The Balaban J connectivity index is 2.10. The number of nitrogens with one attached hydrogen (secondary N) is 2. The molecule has 1 fully saturated rings. The van der Waals surface area contributed by atoms with Gasteiger partial charge < -0.3 is 5.32 Å². The zero-order chi connectivity index (χ0) is 9.26. The van der Waals surface area contributed by atoms with Gasteiger partial charge in [0.05, 0.1) is 17.6 Å². The highest BCUT2D eigenvalue weighted by Gasteiger charge is 2.28. The van der Waals surface area contributed by atoms with E-state index in [2.05, 4.69) is 15.5 Å². The summed E-state index contributed by atoms with van der Waals surface area (Å²) < 4.78 is 0.